The van der Waals surface area contributed by atoms with Crippen LogP contribution in [0, 0.1) is 0 Å². The molecule has 0 unspecified atom stereocenters. The first-order valence-electron chi connectivity index (χ1n) is 11.3. The van der Waals surface area contributed by atoms with E-state index in [0.29, 0.717) is 22.7 Å². The Morgan fingerprint density at radius 2 is 1.81 bits per heavy atom. The highest BCUT2D eigenvalue weighted by Gasteiger charge is 2.19. The van der Waals surface area contributed by atoms with Crippen molar-refractivity contribution >= 4 is 11.6 Å². The van der Waals surface area contributed by atoms with Gasteiger partial charge in [-0.2, -0.15) is 0 Å². The number of methoxy groups -OCH3 is 1. The molecule has 1 saturated heterocycles. The first-order valence-corrected chi connectivity index (χ1v) is 11.3. The molecule has 4 rings (SSSR count). The predicted octanol–water partition coefficient (Wildman–Crippen LogP) is 4.02. The van der Waals surface area contributed by atoms with Crippen molar-refractivity contribution in [1.29, 1.82) is 0 Å². The van der Waals surface area contributed by atoms with Crippen LogP contribution in [0.5, 0.6) is 11.5 Å². The number of carbonyl (C=O) groups excluding carboxylic acids is 1. The van der Waals surface area contributed by atoms with Crippen molar-refractivity contribution < 1.29 is 14.3 Å². The topological polar surface area (TPSA) is 54.0 Å². The van der Waals surface area contributed by atoms with Gasteiger partial charge in [0.2, 0.25) is 0 Å². The molecule has 31 heavy (non-hydrogen) atoms. The molecular formula is C25H33N3O3. The van der Waals surface area contributed by atoms with Crippen LogP contribution in [0.15, 0.2) is 42.5 Å². The lowest BCUT2D eigenvalue weighted by Crippen LogP contribution is -2.43. The molecule has 0 aromatic heterocycles. The molecular weight excluding hydrogens is 390 g/mol. The summed E-state index contributed by atoms with van der Waals surface area (Å²) in [5, 5.41) is 3.02. The number of anilines is 1. The van der Waals surface area contributed by atoms with E-state index >= 15 is 0 Å². The summed E-state index contributed by atoms with van der Waals surface area (Å²) < 4.78 is 11.6. The standard InChI is InChI=1S/C25H33N3O3/c1-27-12-14-28(15-13-27)18-19-6-5-7-20(16-19)25(29)26-21-10-11-23(30-2)24(17-21)31-22-8-3-4-9-22/h5-7,10-11,16-17,22H,3-4,8-9,12-15,18H2,1-2H3,(H,26,29). The Morgan fingerprint density at radius 1 is 1.03 bits per heavy atom. The highest BCUT2D eigenvalue weighted by Crippen LogP contribution is 2.34. The van der Waals surface area contributed by atoms with Gasteiger partial charge in [0.05, 0.1) is 13.2 Å². The van der Waals surface area contributed by atoms with Gasteiger partial charge in [-0.1, -0.05) is 12.1 Å². The number of hydrogen-bond acceptors (Lipinski definition) is 5. The minimum Gasteiger partial charge on any atom is -0.493 e. The highest BCUT2D eigenvalue weighted by molar-refractivity contribution is 6.04. The van der Waals surface area contributed by atoms with E-state index in [1.165, 1.54) is 12.8 Å². The van der Waals surface area contributed by atoms with Crippen molar-refractivity contribution in [1.82, 2.24) is 9.80 Å². The zero-order chi connectivity index (χ0) is 21.6. The normalized spacial score (nSPS) is 18.1. The number of rotatable bonds is 7. The van der Waals surface area contributed by atoms with Gasteiger partial charge < -0.3 is 19.7 Å². The van der Waals surface area contributed by atoms with Crippen LogP contribution in [-0.4, -0.2) is 62.1 Å². The second-order valence-corrected chi connectivity index (χ2v) is 8.62. The van der Waals surface area contributed by atoms with Gasteiger partial charge >= 0.3 is 0 Å². The smallest absolute Gasteiger partial charge is 0.255 e. The second-order valence-electron chi connectivity index (χ2n) is 8.62. The molecule has 2 aromatic carbocycles. The van der Waals surface area contributed by atoms with Gasteiger partial charge in [0.25, 0.3) is 5.91 Å². The molecule has 6 heteroatoms. The fourth-order valence-corrected chi connectivity index (χ4v) is 4.31. The summed E-state index contributed by atoms with van der Waals surface area (Å²) in [6.45, 7) is 5.16. The molecule has 1 N–H and O–H groups in total. The van der Waals surface area contributed by atoms with Crippen molar-refractivity contribution in [2.75, 3.05) is 45.7 Å². The largest absolute Gasteiger partial charge is 0.493 e. The molecule has 1 aliphatic carbocycles. The number of hydrogen-bond donors (Lipinski definition) is 1. The van der Waals surface area contributed by atoms with Crippen molar-refractivity contribution in [2.45, 2.75) is 38.3 Å². The van der Waals surface area contributed by atoms with E-state index in [2.05, 4.69) is 28.2 Å². The summed E-state index contributed by atoms with van der Waals surface area (Å²) in [4.78, 5) is 17.7. The van der Waals surface area contributed by atoms with Gasteiger partial charge in [-0.05, 0) is 62.6 Å². The summed E-state index contributed by atoms with van der Waals surface area (Å²) in [5.41, 5.74) is 2.54. The number of carbonyl (C=O) groups is 1. The second kappa shape index (κ2) is 10.2. The van der Waals surface area contributed by atoms with Crippen LogP contribution >= 0.6 is 0 Å². The number of ether oxygens (including phenoxy) is 2. The summed E-state index contributed by atoms with van der Waals surface area (Å²) in [6, 6.07) is 13.5. The van der Waals surface area contributed by atoms with E-state index in [1.807, 2.05) is 36.4 Å². The zero-order valence-corrected chi connectivity index (χ0v) is 18.6. The molecule has 1 saturated carbocycles. The molecule has 2 fully saturated rings. The average Bonchev–Trinajstić information content (AvgIpc) is 3.29. The maximum atomic E-state index is 12.9. The Labute approximate surface area is 185 Å². The predicted molar refractivity (Wildman–Crippen MR) is 123 cm³/mol. The molecule has 166 valence electrons. The fourth-order valence-electron chi connectivity index (χ4n) is 4.31. The lowest BCUT2D eigenvalue weighted by molar-refractivity contribution is 0.102. The molecule has 2 aliphatic rings. The molecule has 0 radical (unpaired) electrons. The molecule has 0 bridgehead atoms. The number of amides is 1. The highest BCUT2D eigenvalue weighted by atomic mass is 16.5. The molecule has 0 atom stereocenters. The number of piperazine rings is 1. The van der Waals surface area contributed by atoms with E-state index in [0.717, 1.165) is 51.1 Å². The number of benzene rings is 2. The minimum absolute atomic E-state index is 0.114. The SMILES string of the molecule is COc1ccc(NC(=O)c2cccc(CN3CCN(C)CC3)c2)cc1OC1CCCC1. The molecule has 0 spiro atoms. The molecule has 1 aliphatic heterocycles. The number of nitrogens with one attached hydrogen (secondary N) is 1. The molecule has 2 aromatic rings. The Morgan fingerprint density at radius 3 is 2.55 bits per heavy atom. The number of likely N-dealkylation sites (N-methyl/N-ethyl adjacent to an activating group) is 1. The van der Waals surface area contributed by atoms with Gasteiger partial charge in [0.15, 0.2) is 11.5 Å². The fraction of sp³-hybridized carbons (Fsp3) is 0.480. The summed E-state index contributed by atoms with van der Waals surface area (Å²) >= 11 is 0. The summed E-state index contributed by atoms with van der Waals surface area (Å²) in [6.07, 6.45) is 4.77. The van der Waals surface area contributed by atoms with E-state index in [4.69, 9.17) is 9.47 Å². The van der Waals surface area contributed by atoms with Crippen molar-refractivity contribution in [2.24, 2.45) is 0 Å². The maximum absolute atomic E-state index is 12.9. The number of nitrogens with zero attached hydrogens (tertiary/aromatic N) is 2. The van der Waals surface area contributed by atoms with Crippen LogP contribution in [0.2, 0.25) is 0 Å². The van der Waals surface area contributed by atoms with Gasteiger partial charge in [0.1, 0.15) is 0 Å². The first-order chi connectivity index (χ1) is 15.1. The van der Waals surface area contributed by atoms with Crippen LogP contribution in [-0.2, 0) is 6.54 Å². The van der Waals surface area contributed by atoms with Crippen LogP contribution in [0.4, 0.5) is 5.69 Å². The van der Waals surface area contributed by atoms with Crippen LogP contribution in [0.25, 0.3) is 0 Å². The third-order valence-electron chi connectivity index (χ3n) is 6.21. The minimum atomic E-state index is -0.114. The van der Waals surface area contributed by atoms with E-state index < -0.39 is 0 Å². The van der Waals surface area contributed by atoms with E-state index in [9.17, 15) is 4.79 Å². The van der Waals surface area contributed by atoms with Gasteiger partial charge in [0, 0.05) is 50.0 Å². The summed E-state index contributed by atoms with van der Waals surface area (Å²) in [5.74, 6) is 1.27. The van der Waals surface area contributed by atoms with Gasteiger partial charge in [-0.25, -0.2) is 0 Å². The van der Waals surface area contributed by atoms with Gasteiger partial charge in [-0.3, -0.25) is 9.69 Å². The van der Waals surface area contributed by atoms with Crippen LogP contribution in [0.3, 0.4) is 0 Å². The first kappa shape index (κ1) is 21.7. The lowest BCUT2D eigenvalue weighted by Gasteiger charge is -2.32. The van der Waals surface area contributed by atoms with Crippen molar-refractivity contribution in [3.05, 3.63) is 53.6 Å². The third-order valence-corrected chi connectivity index (χ3v) is 6.21. The Balaban J connectivity index is 1.41. The Kier molecular flexibility index (Phi) is 7.10. The van der Waals surface area contributed by atoms with E-state index in [1.54, 1.807) is 7.11 Å². The monoisotopic (exact) mass is 423 g/mol. The van der Waals surface area contributed by atoms with E-state index in [-0.39, 0.29) is 12.0 Å². The van der Waals surface area contributed by atoms with Crippen LogP contribution in [0.1, 0.15) is 41.6 Å². The maximum Gasteiger partial charge on any atom is 0.255 e. The Bertz CT molecular complexity index is 887. The van der Waals surface area contributed by atoms with Crippen molar-refractivity contribution in [3.63, 3.8) is 0 Å². The average molecular weight is 424 g/mol. The van der Waals surface area contributed by atoms with Gasteiger partial charge in [-0.15, -0.1) is 0 Å². The van der Waals surface area contributed by atoms with Crippen molar-refractivity contribution in [3.8, 4) is 11.5 Å². The quantitative estimate of drug-likeness (QED) is 0.729. The summed E-state index contributed by atoms with van der Waals surface area (Å²) in [7, 11) is 3.80. The molecule has 6 nitrogen and oxygen atoms in total. The van der Waals surface area contributed by atoms with Crippen LogP contribution < -0.4 is 14.8 Å². The Hall–Kier alpha value is -2.57. The molecule has 1 amide bonds. The zero-order valence-electron chi connectivity index (χ0n) is 18.6. The lowest BCUT2D eigenvalue weighted by atomic mass is 10.1. The molecule has 1 heterocycles. The third kappa shape index (κ3) is 5.77.